The van der Waals surface area contributed by atoms with E-state index in [0.29, 0.717) is 32.0 Å². The lowest BCUT2D eigenvalue weighted by atomic mass is 10.1. The molecular formula is C25H24N4O3S. The number of carbonyl (C=O) groups is 2. The van der Waals surface area contributed by atoms with Crippen LogP contribution in [0.5, 0.6) is 0 Å². The molecule has 2 aromatic heterocycles. The highest BCUT2D eigenvalue weighted by atomic mass is 32.1. The van der Waals surface area contributed by atoms with E-state index in [2.05, 4.69) is 15.6 Å². The number of para-hydroxylation sites is 1. The highest BCUT2D eigenvalue weighted by Gasteiger charge is 2.23. The van der Waals surface area contributed by atoms with E-state index in [0.717, 1.165) is 22.5 Å². The van der Waals surface area contributed by atoms with Crippen LogP contribution in [0, 0.1) is 20.8 Å². The Kier molecular flexibility index (Phi) is 6.11. The van der Waals surface area contributed by atoms with Gasteiger partial charge in [0.25, 0.3) is 11.5 Å². The first-order chi connectivity index (χ1) is 15.8. The zero-order valence-electron chi connectivity index (χ0n) is 18.8. The second-order valence-corrected chi connectivity index (χ2v) is 8.93. The molecule has 7 nitrogen and oxygen atoms in total. The summed E-state index contributed by atoms with van der Waals surface area (Å²) in [6.07, 6.45) is 1.37. The highest BCUT2D eigenvalue weighted by Crippen LogP contribution is 2.28. The summed E-state index contributed by atoms with van der Waals surface area (Å²) in [6.45, 7) is 7.29. The second-order valence-electron chi connectivity index (χ2n) is 7.93. The lowest BCUT2D eigenvalue weighted by Crippen LogP contribution is -2.32. The summed E-state index contributed by atoms with van der Waals surface area (Å²) < 4.78 is 1.31. The van der Waals surface area contributed by atoms with Crippen molar-refractivity contribution in [1.29, 1.82) is 0 Å². The fourth-order valence-corrected chi connectivity index (χ4v) is 4.62. The van der Waals surface area contributed by atoms with Gasteiger partial charge in [-0.1, -0.05) is 30.3 Å². The van der Waals surface area contributed by atoms with Crippen LogP contribution in [0.15, 0.2) is 59.7 Å². The van der Waals surface area contributed by atoms with E-state index in [1.165, 1.54) is 10.9 Å². The maximum absolute atomic E-state index is 13.3. The molecule has 0 fully saturated rings. The van der Waals surface area contributed by atoms with Crippen molar-refractivity contribution in [2.45, 2.75) is 33.7 Å². The van der Waals surface area contributed by atoms with Gasteiger partial charge in [-0.25, -0.2) is 4.98 Å². The van der Waals surface area contributed by atoms with E-state index in [-0.39, 0.29) is 17.4 Å². The number of benzene rings is 2. The minimum absolute atomic E-state index is 0.298. The number of amides is 2. The second kappa shape index (κ2) is 8.99. The van der Waals surface area contributed by atoms with E-state index in [1.54, 1.807) is 26.0 Å². The third-order valence-corrected chi connectivity index (χ3v) is 6.97. The molecule has 4 aromatic rings. The maximum Gasteiger partial charge on any atom is 0.266 e. The Morgan fingerprint density at radius 1 is 0.970 bits per heavy atom. The molecule has 168 valence electrons. The number of aromatic nitrogens is 2. The Morgan fingerprint density at radius 3 is 2.42 bits per heavy atom. The average Bonchev–Trinajstić information content (AvgIpc) is 3.14. The number of fused-ring (bicyclic) bond motifs is 1. The lowest BCUT2D eigenvalue weighted by Gasteiger charge is -2.16. The van der Waals surface area contributed by atoms with Gasteiger partial charge in [-0.3, -0.25) is 19.0 Å². The standard InChI is InChI=1S/C25H24N4O3S/c1-14-9-8-12-19(15(14)2)28-22(30)17(4)29-13-26-24-20(25(29)32)16(3)21(33-24)23(31)27-18-10-6-5-7-11-18/h5-13,17H,1-4H3,(H,27,31)(H,28,30). The number of aryl methyl sites for hydroxylation is 2. The van der Waals surface area contributed by atoms with Gasteiger partial charge in [0.15, 0.2) is 0 Å². The van der Waals surface area contributed by atoms with Crippen LogP contribution in [0.2, 0.25) is 0 Å². The first-order valence-electron chi connectivity index (χ1n) is 10.5. The third kappa shape index (κ3) is 4.29. The first-order valence-corrected chi connectivity index (χ1v) is 11.3. The zero-order valence-corrected chi connectivity index (χ0v) is 19.6. The van der Waals surface area contributed by atoms with Gasteiger partial charge in [0.05, 0.1) is 16.6 Å². The molecule has 2 heterocycles. The smallest absolute Gasteiger partial charge is 0.266 e. The van der Waals surface area contributed by atoms with Gasteiger partial charge in [0, 0.05) is 11.4 Å². The summed E-state index contributed by atoms with van der Waals surface area (Å²) in [7, 11) is 0. The number of thiophene rings is 1. The van der Waals surface area contributed by atoms with Gasteiger partial charge in [0.2, 0.25) is 5.91 Å². The molecule has 0 spiro atoms. The fourth-order valence-electron chi connectivity index (χ4n) is 3.59. The minimum Gasteiger partial charge on any atom is -0.324 e. The van der Waals surface area contributed by atoms with Crippen LogP contribution in [0.4, 0.5) is 11.4 Å². The van der Waals surface area contributed by atoms with Crippen molar-refractivity contribution in [3.63, 3.8) is 0 Å². The Morgan fingerprint density at radius 2 is 1.70 bits per heavy atom. The molecule has 0 aliphatic heterocycles. The number of hydrogen-bond donors (Lipinski definition) is 2. The van der Waals surface area contributed by atoms with Crippen LogP contribution < -0.4 is 16.2 Å². The molecule has 2 aromatic carbocycles. The summed E-state index contributed by atoms with van der Waals surface area (Å²) in [4.78, 5) is 44.3. The van der Waals surface area contributed by atoms with Crippen LogP contribution in [0.1, 0.15) is 39.3 Å². The molecule has 1 unspecified atom stereocenters. The fraction of sp³-hybridized carbons (Fsp3) is 0.200. The minimum atomic E-state index is -0.782. The van der Waals surface area contributed by atoms with Crippen LogP contribution in [0.3, 0.4) is 0 Å². The number of hydrogen-bond acceptors (Lipinski definition) is 5. The summed E-state index contributed by atoms with van der Waals surface area (Å²) in [5.41, 5.74) is 3.62. The van der Waals surface area contributed by atoms with Crippen molar-refractivity contribution < 1.29 is 9.59 Å². The van der Waals surface area contributed by atoms with Gasteiger partial charge >= 0.3 is 0 Å². The lowest BCUT2D eigenvalue weighted by molar-refractivity contribution is -0.118. The average molecular weight is 461 g/mol. The molecule has 33 heavy (non-hydrogen) atoms. The molecule has 1 atom stereocenters. The molecule has 0 radical (unpaired) electrons. The van der Waals surface area contributed by atoms with Crippen LogP contribution >= 0.6 is 11.3 Å². The molecule has 8 heteroatoms. The largest absolute Gasteiger partial charge is 0.324 e. The number of nitrogens with zero attached hydrogens (tertiary/aromatic N) is 2. The molecule has 4 rings (SSSR count). The first kappa shape index (κ1) is 22.4. The maximum atomic E-state index is 13.3. The van der Waals surface area contributed by atoms with Crippen molar-refractivity contribution in [1.82, 2.24) is 9.55 Å². The Bertz CT molecular complexity index is 1420. The van der Waals surface area contributed by atoms with Gasteiger partial charge in [0.1, 0.15) is 10.9 Å². The summed E-state index contributed by atoms with van der Waals surface area (Å²) in [5, 5.41) is 6.10. The van der Waals surface area contributed by atoms with E-state index >= 15 is 0 Å². The molecule has 0 aliphatic rings. The third-order valence-electron chi connectivity index (χ3n) is 5.77. The number of anilines is 2. The summed E-state index contributed by atoms with van der Waals surface area (Å²) in [6, 6.07) is 14.0. The molecule has 0 bridgehead atoms. The van der Waals surface area contributed by atoms with Crippen LogP contribution in [-0.4, -0.2) is 21.4 Å². The van der Waals surface area contributed by atoms with Crippen LogP contribution in [0.25, 0.3) is 10.2 Å². The number of rotatable bonds is 5. The van der Waals surface area contributed by atoms with Gasteiger partial charge in [-0.05, 0) is 62.6 Å². The topological polar surface area (TPSA) is 93.1 Å². The molecule has 0 saturated heterocycles. The van der Waals surface area contributed by atoms with E-state index in [1.807, 2.05) is 50.2 Å². The Hall–Kier alpha value is -3.78. The SMILES string of the molecule is Cc1cccc(NC(=O)C(C)n2cnc3sc(C(=O)Nc4ccccc4)c(C)c3c2=O)c1C. The predicted molar refractivity (Wildman–Crippen MR) is 132 cm³/mol. The molecule has 0 aliphatic carbocycles. The van der Waals surface area contributed by atoms with Crippen molar-refractivity contribution >= 4 is 44.7 Å². The van der Waals surface area contributed by atoms with Gasteiger partial charge < -0.3 is 10.6 Å². The normalized spacial score (nSPS) is 11.9. The Balaban J connectivity index is 1.64. The molecule has 0 saturated carbocycles. The molecule has 2 amide bonds. The van der Waals surface area contributed by atoms with Gasteiger partial charge in [-0.15, -0.1) is 11.3 Å². The van der Waals surface area contributed by atoms with Gasteiger partial charge in [-0.2, -0.15) is 0 Å². The predicted octanol–water partition coefficient (Wildman–Crippen LogP) is 4.84. The highest BCUT2D eigenvalue weighted by molar-refractivity contribution is 7.20. The quantitative estimate of drug-likeness (QED) is 0.446. The summed E-state index contributed by atoms with van der Waals surface area (Å²) in [5.74, 6) is -0.616. The zero-order chi connectivity index (χ0) is 23.7. The van der Waals surface area contributed by atoms with Crippen molar-refractivity contribution in [2.75, 3.05) is 10.6 Å². The van der Waals surface area contributed by atoms with E-state index < -0.39 is 6.04 Å². The Labute approximate surface area is 195 Å². The van der Waals surface area contributed by atoms with Crippen molar-refractivity contribution in [3.05, 3.63) is 86.8 Å². The van der Waals surface area contributed by atoms with Crippen molar-refractivity contribution in [3.8, 4) is 0 Å². The molecular weight excluding hydrogens is 436 g/mol. The number of carbonyl (C=O) groups excluding carboxylic acids is 2. The number of nitrogens with one attached hydrogen (secondary N) is 2. The van der Waals surface area contributed by atoms with Crippen LogP contribution in [-0.2, 0) is 4.79 Å². The monoisotopic (exact) mass is 460 g/mol. The van der Waals surface area contributed by atoms with E-state index in [9.17, 15) is 14.4 Å². The van der Waals surface area contributed by atoms with E-state index in [4.69, 9.17) is 0 Å². The van der Waals surface area contributed by atoms with Crippen molar-refractivity contribution in [2.24, 2.45) is 0 Å². The summed E-state index contributed by atoms with van der Waals surface area (Å²) >= 11 is 1.16. The molecule has 2 N–H and O–H groups in total.